The lowest BCUT2D eigenvalue weighted by Gasteiger charge is -2.13. The molecule has 3 rings (SSSR count). The van der Waals surface area contributed by atoms with Crippen LogP contribution in [0.15, 0.2) is 64.9 Å². The lowest BCUT2D eigenvalue weighted by molar-refractivity contribution is 0.374. The molecule has 3 aromatic rings. The molecule has 0 aliphatic carbocycles. The first-order valence-corrected chi connectivity index (χ1v) is 13.5. The van der Waals surface area contributed by atoms with Crippen LogP contribution in [0.25, 0.3) is 6.08 Å². The van der Waals surface area contributed by atoms with E-state index in [1.165, 1.54) is 52.0 Å². The third-order valence-electron chi connectivity index (χ3n) is 5.19. The van der Waals surface area contributed by atoms with Gasteiger partial charge in [0, 0.05) is 17.5 Å². The average molecular weight is 533 g/mol. The molecule has 0 saturated heterocycles. The maximum absolute atomic E-state index is 12.8. The summed E-state index contributed by atoms with van der Waals surface area (Å²) in [5.74, 6) is 1.93. The molecule has 1 atom stereocenters. The number of aryl methyl sites for hydroxylation is 1. The lowest BCUT2D eigenvalue weighted by atomic mass is 10.1. The molecule has 36 heavy (non-hydrogen) atoms. The SMILES string of the molecule is COc1cc(OC)c(/C=C/S(=O)Cc2ccc(OC)c(OS(=O)(=O)c3ccc(C)cc3)c2)c(OC)c1. The first-order chi connectivity index (χ1) is 17.2. The maximum atomic E-state index is 12.8. The van der Waals surface area contributed by atoms with Crippen LogP contribution in [0, 0.1) is 6.92 Å². The van der Waals surface area contributed by atoms with Crippen LogP contribution in [0.1, 0.15) is 16.7 Å². The van der Waals surface area contributed by atoms with Crippen LogP contribution in [0.3, 0.4) is 0 Å². The summed E-state index contributed by atoms with van der Waals surface area (Å²) < 4.78 is 65.1. The van der Waals surface area contributed by atoms with Crippen molar-refractivity contribution in [2.24, 2.45) is 0 Å². The second kappa shape index (κ2) is 12.0. The number of hydrogen-bond donors (Lipinski definition) is 0. The Kier molecular flexibility index (Phi) is 9.00. The van der Waals surface area contributed by atoms with Crippen molar-refractivity contribution in [2.75, 3.05) is 28.4 Å². The van der Waals surface area contributed by atoms with Crippen LogP contribution in [-0.2, 0) is 26.7 Å². The van der Waals surface area contributed by atoms with Crippen LogP contribution in [-0.4, -0.2) is 41.1 Å². The number of hydrogen-bond acceptors (Lipinski definition) is 8. The van der Waals surface area contributed by atoms with E-state index in [9.17, 15) is 12.6 Å². The highest BCUT2D eigenvalue weighted by atomic mass is 32.2. The van der Waals surface area contributed by atoms with Crippen molar-refractivity contribution < 1.29 is 35.8 Å². The number of ether oxygens (including phenoxy) is 4. The van der Waals surface area contributed by atoms with E-state index < -0.39 is 20.9 Å². The summed E-state index contributed by atoms with van der Waals surface area (Å²) in [4.78, 5) is 0.0226. The Hall–Kier alpha value is -3.50. The van der Waals surface area contributed by atoms with Gasteiger partial charge in [-0.25, -0.2) is 0 Å². The second-order valence-corrected chi connectivity index (χ2v) is 10.5. The molecule has 1 unspecified atom stereocenters. The summed E-state index contributed by atoms with van der Waals surface area (Å²) >= 11 is 0. The molecule has 0 aromatic heterocycles. The van der Waals surface area contributed by atoms with E-state index in [1.54, 1.807) is 42.5 Å². The quantitative estimate of drug-likeness (QED) is 0.328. The molecule has 0 heterocycles. The smallest absolute Gasteiger partial charge is 0.339 e. The van der Waals surface area contributed by atoms with Gasteiger partial charge in [0.05, 0.1) is 50.6 Å². The van der Waals surface area contributed by atoms with Crippen molar-refractivity contribution in [3.05, 3.63) is 76.7 Å². The molecule has 0 radical (unpaired) electrons. The van der Waals surface area contributed by atoms with E-state index >= 15 is 0 Å². The molecule has 0 N–H and O–H groups in total. The maximum Gasteiger partial charge on any atom is 0.339 e. The van der Waals surface area contributed by atoms with Gasteiger partial charge in [-0.3, -0.25) is 4.21 Å². The zero-order valence-electron chi connectivity index (χ0n) is 20.6. The van der Waals surface area contributed by atoms with Crippen molar-refractivity contribution >= 4 is 27.0 Å². The molecule has 0 spiro atoms. The fourth-order valence-electron chi connectivity index (χ4n) is 3.30. The molecule has 3 aromatic carbocycles. The highest BCUT2D eigenvalue weighted by Gasteiger charge is 2.20. The molecule has 0 aliphatic heterocycles. The molecular weight excluding hydrogens is 504 g/mol. The van der Waals surface area contributed by atoms with Crippen molar-refractivity contribution in [2.45, 2.75) is 17.6 Å². The molecule has 8 nitrogen and oxygen atoms in total. The third kappa shape index (κ3) is 6.58. The average Bonchev–Trinajstić information content (AvgIpc) is 2.87. The summed E-state index contributed by atoms with van der Waals surface area (Å²) in [6, 6.07) is 14.5. The van der Waals surface area contributed by atoms with Gasteiger partial charge in [0.15, 0.2) is 11.5 Å². The number of methoxy groups -OCH3 is 4. The van der Waals surface area contributed by atoms with Gasteiger partial charge in [-0.05, 0) is 42.8 Å². The Morgan fingerprint density at radius 2 is 1.39 bits per heavy atom. The standard InChI is InChI=1S/C26H28O8S2/c1-18-6-9-21(10-7-18)36(28,29)34-26-14-19(8-11-23(26)31-3)17-35(27)13-12-22-24(32-4)15-20(30-2)16-25(22)33-5/h6-16H,17H2,1-5H3/b13-12+. The fraction of sp³-hybridized carbons (Fsp3) is 0.231. The highest BCUT2D eigenvalue weighted by molar-refractivity contribution is 7.87. The predicted molar refractivity (Wildman–Crippen MR) is 139 cm³/mol. The Labute approximate surface area is 214 Å². The summed E-state index contributed by atoms with van der Waals surface area (Å²) in [7, 11) is 0.463. The Morgan fingerprint density at radius 1 is 0.778 bits per heavy atom. The zero-order chi connectivity index (χ0) is 26.3. The summed E-state index contributed by atoms with van der Waals surface area (Å²) in [5, 5.41) is 1.51. The van der Waals surface area contributed by atoms with Crippen LogP contribution >= 0.6 is 0 Å². The van der Waals surface area contributed by atoms with Gasteiger partial charge in [-0.15, -0.1) is 0 Å². The van der Waals surface area contributed by atoms with Gasteiger partial charge in [-0.1, -0.05) is 23.8 Å². The Balaban J connectivity index is 1.83. The predicted octanol–water partition coefficient (Wildman–Crippen LogP) is 4.72. The van der Waals surface area contributed by atoms with Gasteiger partial charge in [0.1, 0.15) is 22.1 Å². The van der Waals surface area contributed by atoms with Gasteiger partial charge < -0.3 is 23.1 Å². The zero-order valence-corrected chi connectivity index (χ0v) is 22.3. The molecule has 0 fully saturated rings. The van der Waals surface area contributed by atoms with Gasteiger partial charge >= 0.3 is 10.1 Å². The summed E-state index contributed by atoms with van der Waals surface area (Å²) in [5.41, 5.74) is 2.13. The number of benzene rings is 3. The fourth-order valence-corrected chi connectivity index (χ4v) is 5.12. The van der Waals surface area contributed by atoms with E-state index in [1.807, 2.05) is 6.92 Å². The van der Waals surface area contributed by atoms with Gasteiger partial charge in [-0.2, -0.15) is 8.42 Å². The van der Waals surface area contributed by atoms with Gasteiger partial charge in [0.2, 0.25) is 0 Å². The van der Waals surface area contributed by atoms with Crippen molar-refractivity contribution in [3.63, 3.8) is 0 Å². The molecule has 0 aliphatic rings. The lowest BCUT2D eigenvalue weighted by Crippen LogP contribution is -2.10. The summed E-state index contributed by atoms with van der Waals surface area (Å²) in [6.07, 6.45) is 1.65. The van der Waals surface area contributed by atoms with E-state index in [0.29, 0.717) is 28.4 Å². The topological polar surface area (TPSA) is 97.4 Å². The minimum Gasteiger partial charge on any atom is -0.496 e. The molecular formula is C26H28O8S2. The molecule has 10 heteroatoms. The van der Waals surface area contributed by atoms with E-state index in [0.717, 1.165) is 5.56 Å². The van der Waals surface area contributed by atoms with E-state index in [2.05, 4.69) is 0 Å². The first-order valence-electron chi connectivity index (χ1n) is 10.7. The second-order valence-electron chi connectivity index (χ2n) is 7.61. The minimum absolute atomic E-state index is 0.00930. The molecule has 192 valence electrons. The Morgan fingerprint density at radius 3 is 1.94 bits per heavy atom. The molecule has 0 bridgehead atoms. The monoisotopic (exact) mass is 532 g/mol. The minimum atomic E-state index is -4.08. The van der Waals surface area contributed by atoms with Crippen LogP contribution < -0.4 is 23.1 Å². The van der Waals surface area contributed by atoms with Crippen LogP contribution in [0.2, 0.25) is 0 Å². The van der Waals surface area contributed by atoms with Crippen LogP contribution in [0.5, 0.6) is 28.7 Å². The highest BCUT2D eigenvalue weighted by Crippen LogP contribution is 2.35. The number of rotatable bonds is 11. The largest absolute Gasteiger partial charge is 0.496 e. The van der Waals surface area contributed by atoms with Crippen molar-refractivity contribution in [3.8, 4) is 28.7 Å². The molecule has 0 amide bonds. The van der Waals surface area contributed by atoms with Gasteiger partial charge in [0.25, 0.3) is 0 Å². The summed E-state index contributed by atoms with van der Waals surface area (Å²) in [6.45, 7) is 1.86. The van der Waals surface area contributed by atoms with Crippen LogP contribution in [0.4, 0.5) is 0 Å². The molecule has 0 saturated carbocycles. The van der Waals surface area contributed by atoms with Crippen molar-refractivity contribution in [1.82, 2.24) is 0 Å². The van der Waals surface area contributed by atoms with Crippen molar-refractivity contribution in [1.29, 1.82) is 0 Å². The normalized spacial score (nSPS) is 12.2. The Bertz CT molecular complexity index is 1340. The third-order valence-corrected chi connectivity index (χ3v) is 7.49. The first kappa shape index (κ1) is 27.1. The van der Waals surface area contributed by atoms with E-state index in [4.69, 9.17) is 23.1 Å². The van der Waals surface area contributed by atoms with E-state index in [-0.39, 0.29) is 22.1 Å².